The molecular weight excluding hydrogens is 406 g/mol. The number of carbonyl (C=O) groups is 2. The summed E-state index contributed by atoms with van der Waals surface area (Å²) in [5, 5.41) is 4.90. The fourth-order valence-corrected chi connectivity index (χ4v) is 4.24. The molecule has 0 unspecified atom stereocenters. The molecule has 0 atom stereocenters. The van der Waals surface area contributed by atoms with Crippen molar-refractivity contribution >= 4 is 44.7 Å². The quantitative estimate of drug-likeness (QED) is 0.535. The topological polar surface area (TPSA) is 134 Å². The molecule has 1 fully saturated rings. The summed E-state index contributed by atoms with van der Waals surface area (Å²) in [4.78, 5) is 25.2. The van der Waals surface area contributed by atoms with Gasteiger partial charge in [0, 0.05) is 35.8 Å². The van der Waals surface area contributed by atoms with Crippen molar-refractivity contribution in [3.63, 3.8) is 0 Å². The molecule has 2 aromatic rings. The van der Waals surface area contributed by atoms with Crippen LogP contribution in [0.3, 0.4) is 0 Å². The number of nitrogens with zero attached hydrogens (tertiary/aromatic N) is 1. The van der Waals surface area contributed by atoms with Crippen molar-refractivity contribution in [2.75, 3.05) is 39.1 Å². The van der Waals surface area contributed by atoms with Gasteiger partial charge in [0.25, 0.3) is 0 Å². The summed E-state index contributed by atoms with van der Waals surface area (Å²) < 4.78 is 27.1. The number of carbonyl (C=O) groups excluding carboxylic acids is 2. The van der Waals surface area contributed by atoms with Gasteiger partial charge in [-0.1, -0.05) is 0 Å². The summed E-state index contributed by atoms with van der Waals surface area (Å²) in [6.45, 7) is 2.01. The molecule has 0 aliphatic carbocycles. The fourth-order valence-electron chi connectivity index (χ4n) is 3.26. The first-order valence-corrected chi connectivity index (χ1v) is 11.3. The summed E-state index contributed by atoms with van der Waals surface area (Å²) >= 11 is 0. The third-order valence-corrected chi connectivity index (χ3v) is 5.81. The van der Waals surface area contributed by atoms with E-state index in [1.807, 2.05) is 12.1 Å². The van der Waals surface area contributed by atoms with Crippen LogP contribution in [0.25, 0.3) is 0 Å². The van der Waals surface area contributed by atoms with E-state index in [9.17, 15) is 18.0 Å². The molecule has 30 heavy (non-hydrogen) atoms. The lowest BCUT2D eigenvalue weighted by molar-refractivity contribution is -0.113. The lowest BCUT2D eigenvalue weighted by Gasteiger charge is -2.28. The van der Waals surface area contributed by atoms with Crippen LogP contribution in [0.4, 0.5) is 27.5 Å². The van der Waals surface area contributed by atoms with Crippen LogP contribution in [0.2, 0.25) is 0 Å². The van der Waals surface area contributed by atoms with Crippen LogP contribution in [0, 0.1) is 0 Å². The van der Waals surface area contributed by atoms with Crippen LogP contribution >= 0.6 is 0 Å². The van der Waals surface area contributed by atoms with E-state index in [2.05, 4.69) is 20.3 Å². The predicted octanol–water partition coefficient (Wildman–Crippen LogP) is 2.55. The van der Waals surface area contributed by atoms with Crippen LogP contribution in [-0.4, -0.2) is 39.2 Å². The number of benzene rings is 2. The summed E-state index contributed by atoms with van der Waals surface area (Å²) in [6.07, 6.45) is 3.56. The number of hydrogen-bond donors (Lipinski definition) is 4. The smallest absolute Gasteiger partial charge is 0.316 e. The van der Waals surface area contributed by atoms with Gasteiger partial charge in [0.1, 0.15) is 5.75 Å². The van der Waals surface area contributed by atoms with Crippen molar-refractivity contribution < 1.29 is 18.0 Å². The molecule has 1 aliphatic rings. The molecule has 1 heterocycles. The largest absolute Gasteiger partial charge is 0.372 e. The Morgan fingerprint density at radius 1 is 0.833 bits per heavy atom. The van der Waals surface area contributed by atoms with Crippen molar-refractivity contribution in [3.8, 4) is 0 Å². The Morgan fingerprint density at radius 2 is 1.37 bits per heavy atom. The number of amides is 3. The second-order valence-corrected chi connectivity index (χ2v) is 8.79. The van der Waals surface area contributed by atoms with E-state index in [-0.39, 0.29) is 0 Å². The highest BCUT2D eigenvalue weighted by Crippen LogP contribution is 2.22. The highest BCUT2D eigenvalue weighted by Gasteiger charge is 2.17. The molecule has 0 saturated carbocycles. The highest BCUT2D eigenvalue weighted by atomic mass is 32.2. The van der Waals surface area contributed by atoms with Gasteiger partial charge in [-0.25, -0.2) is 13.2 Å². The SMILES string of the molecule is NC(=O)Nc1ccc(NC(=O)CS(=O)(=O)Nc2ccc(N3CCCCC3)cc2)cc1. The molecule has 3 amide bonds. The van der Waals surface area contributed by atoms with Gasteiger partial charge >= 0.3 is 6.03 Å². The molecule has 0 spiro atoms. The van der Waals surface area contributed by atoms with Crippen molar-refractivity contribution in [3.05, 3.63) is 48.5 Å². The minimum Gasteiger partial charge on any atom is -0.372 e. The third-order valence-electron chi connectivity index (χ3n) is 4.62. The van der Waals surface area contributed by atoms with E-state index in [1.165, 1.54) is 30.7 Å². The first-order chi connectivity index (χ1) is 14.3. The maximum Gasteiger partial charge on any atom is 0.316 e. The van der Waals surface area contributed by atoms with Gasteiger partial charge in [-0.3, -0.25) is 9.52 Å². The number of sulfonamides is 1. The van der Waals surface area contributed by atoms with E-state index in [0.29, 0.717) is 17.1 Å². The number of nitrogens with one attached hydrogen (secondary N) is 3. The Morgan fingerprint density at radius 3 is 1.93 bits per heavy atom. The van der Waals surface area contributed by atoms with Crippen LogP contribution in [-0.2, 0) is 14.8 Å². The first-order valence-electron chi connectivity index (χ1n) is 9.63. The molecule has 5 N–H and O–H groups in total. The monoisotopic (exact) mass is 431 g/mol. The number of hydrogen-bond acceptors (Lipinski definition) is 5. The van der Waals surface area contributed by atoms with Crippen molar-refractivity contribution in [2.45, 2.75) is 19.3 Å². The van der Waals surface area contributed by atoms with Crippen LogP contribution in [0.15, 0.2) is 48.5 Å². The molecule has 9 nitrogen and oxygen atoms in total. The number of primary amides is 1. The Kier molecular flexibility index (Phi) is 6.78. The second kappa shape index (κ2) is 9.49. The first kappa shape index (κ1) is 21.4. The summed E-state index contributed by atoms with van der Waals surface area (Å²) in [5.74, 6) is -1.40. The standard InChI is InChI=1S/C20H25N5O4S/c21-20(27)23-16-6-4-15(5-7-16)22-19(26)14-30(28,29)24-17-8-10-18(11-9-17)25-12-2-1-3-13-25/h4-11,24H,1-3,12-14H2,(H,22,26)(H3,21,23,27). The minimum absolute atomic E-state index is 0.399. The molecule has 10 heteroatoms. The van der Waals surface area contributed by atoms with Gasteiger partial charge in [0.15, 0.2) is 0 Å². The number of urea groups is 1. The van der Waals surface area contributed by atoms with Crippen molar-refractivity contribution in [1.29, 1.82) is 0 Å². The molecule has 2 aromatic carbocycles. The maximum atomic E-state index is 12.3. The van der Waals surface area contributed by atoms with Crippen LogP contribution < -0.4 is 26.0 Å². The molecule has 0 bridgehead atoms. The molecule has 1 aliphatic heterocycles. The lowest BCUT2D eigenvalue weighted by atomic mass is 10.1. The number of piperidine rings is 1. The number of anilines is 4. The fraction of sp³-hybridized carbons (Fsp3) is 0.300. The average molecular weight is 432 g/mol. The van der Waals surface area contributed by atoms with Gasteiger partial charge in [0.05, 0.1) is 0 Å². The van der Waals surface area contributed by atoms with Gasteiger partial charge in [-0.2, -0.15) is 0 Å². The van der Waals surface area contributed by atoms with Gasteiger partial charge < -0.3 is 21.3 Å². The zero-order chi connectivity index (χ0) is 21.6. The molecule has 3 rings (SSSR count). The molecule has 0 radical (unpaired) electrons. The van der Waals surface area contributed by atoms with Gasteiger partial charge in [-0.15, -0.1) is 0 Å². The van der Waals surface area contributed by atoms with E-state index >= 15 is 0 Å². The van der Waals surface area contributed by atoms with E-state index in [4.69, 9.17) is 5.73 Å². The maximum absolute atomic E-state index is 12.3. The Hall–Kier alpha value is -3.27. The lowest BCUT2D eigenvalue weighted by Crippen LogP contribution is -2.29. The van der Waals surface area contributed by atoms with Crippen molar-refractivity contribution in [1.82, 2.24) is 0 Å². The normalized spacial score (nSPS) is 14.1. The summed E-state index contributed by atoms with van der Waals surface area (Å²) in [5.41, 5.74) is 7.35. The summed E-state index contributed by atoms with van der Waals surface area (Å²) in [6, 6.07) is 12.6. The summed E-state index contributed by atoms with van der Waals surface area (Å²) in [7, 11) is -3.86. The average Bonchev–Trinajstić information content (AvgIpc) is 2.69. The molecule has 0 aromatic heterocycles. The Balaban J connectivity index is 1.54. The van der Waals surface area contributed by atoms with E-state index < -0.39 is 27.7 Å². The highest BCUT2D eigenvalue weighted by molar-refractivity contribution is 7.93. The molecule has 1 saturated heterocycles. The predicted molar refractivity (Wildman–Crippen MR) is 118 cm³/mol. The van der Waals surface area contributed by atoms with E-state index in [1.54, 1.807) is 12.1 Å². The Bertz CT molecular complexity index is 985. The second-order valence-electron chi connectivity index (χ2n) is 7.07. The van der Waals surface area contributed by atoms with E-state index in [0.717, 1.165) is 31.6 Å². The number of rotatable bonds is 7. The van der Waals surface area contributed by atoms with Crippen molar-refractivity contribution in [2.24, 2.45) is 5.73 Å². The zero-order valence-electron chi connectivity index (χ0n) is 16.4. The zero-order valence-corrected chi connectivity index (χ0v) is 17.2. The third kappa shape index (κ3) is 6.38. The molecular formula is C20H25N5O4S. The Labute approximate surface area is 175 Å². The van der Waals surface area contributed by atoms with Crippen LogP contribution in [0.1, 0.15) is 19.3 Å². The minimum atomic E-state index is -3.86. The van der Waals surface area contributed by atoms with Gasteiger partial charge in [-0.05, 0) is 67.8 Å². The molecule has 160 valence electrons. The van der Waals surface area contributed by atoms with Gasteiger partial charge in [0.2, 0.25) is 15.9 Å². The van der Waals surface area contributed by atoms with Crippen LogP contribution in [0.5, 0.6) is 0 Å². The number of nitrogens with two attached hydrogens (primary N) is 1.